The Kier molecular flexibility index (Phi) is 5.56. The monoisotopic (exact) mass is 452 g/mol. The molecule has 34 heavy (non-hydrogen) atoms. The van der Waals surface area contributed by atoms with Gasteiger partial charge in [0.05, 0.1) is 11.6 Å². The van der Waals surface area contributed by atoms with Crippen LogP contribution in [0.4, 0.5) is 0 Å². The predicted molar refractivity (Wildman–Crippen MR) is 133 cm³/mol. The van der Waals surface area contributed by atoms with Gasteiger partial charge in [0, 0.05) is 22.6 Å². The van der Waals surface area contributed by atoms with Crippen LogP contribution in [0.3, 0.4) is 0 Å². The maximum atomic E-state index is 13.9. The molecule has 174 valence electrons. The SMILES string of the molecule is Cc1ccc(C(=O)C2=C[C@]3(c4ccc(C)cc4)[C@@H](C)[C@H](N(C)C)C(C#N)(C#N)N3C2(C)C)cc1. The van der Waals surface area contributed by atoms with E-state index in [1.807, 2.05) is 75.9 Å². The van der Waals surface area contributed by atoms with E-state index in [4.69, 9.17) is 0 Å². The third kappa shape index (κ3) is 3.01. The molecule has 2 aliphatic heterocycles. The molecule has 5 nitrogen and oxygen atoms in total. The topological polar surface area (TPSA) is 71.1 Å². The highest BCUT2D eigenvalue weighted by molar-refractivity contribution is 6.10. The van der Waals surface area contributed by atoms with Gasteiger partial charge in [-0.1, -0.05) is 72.7 Å². The number of Topliss-reactive ketones (excluding diaryl/α,β-unsaturated/α-hetero) is 1. The maximum absolute atomic E-state index is 13.9. The molecule has 3 atom stereocenters. The number of benzene rings is 2. The molecular weight excluding hydrogens is 420 g/mol. The van der Waals surface area contributed by atoms with Crippen LogP contribution in [0.1, 0.15) is 47.8 Å². The van der Waals surface area contributed by atoms with Gasteiger partial charge in [-0.3, -0.25) is 4.79 Å². The molecule has 0 aliphatic carbocycles. The first-order valence-electron chi connectivity index (χ1n) is 11.7. The summed E-state index contributed by atoms with van der Waals surface area (Å²) in [6.07, 6.45) is 2.05. The van der Waals surface area contributed by atoms with Crippen molar-refractivity contribution in [1.82, 2.24) is 9.80 Å². The second-order valence-corrected chi connectivity index (χ2v) is 10.5. The molecule has 0 unspecified atom stereocenters. The third-order valence-corrected chi connectivity index (χ3v) is 7.87. The lowest BCUT2D eigenvalue weighted by atomic mass is 9.75. The highest BCUT2D eigenvalue weighted by Gasteiger charge is 2.73. The van der Waals surface area contributed by atoms with Gasteiger partial charge in [0.1, 0.15) is 12.1 Å². The highest BCUT2D eigenvalue weighted by Crippen LogP contribution is 2.61. The molecule has 1 saturated heterocycles. The molecule has 2 aliphatic rings. The van der Waals surface area contributed by atoms with Crippen molar-refractivity contribution in [2.45, 2.75) is 57.3 Å². The van der Waals surface area contributed by atoms with Crippen LogP contribution in [0.2, 0.25) is 0 Å². The Morgan fingerprint density at radius 2 is 1.44 bits per heavy atom. The minimum atomic E-state index is -1.44. The third-order valence-electron chi connectivity index (χ3n) is 7.87. The van der Waals surface area contributed by atoms with Crippen molar-refractivity contribution >= 4 is 5.78 Å². The Morgan fingerprint density at radius 3 is 1.91 bits per heavy atom. The van der Waals surface area contributed by atoms with Gasteiger partial charge in [-0.15, -0.1) is 0 Å². The molecular formula is C29H32N4O. The highest BCUT2D eigenvalue weighted by atomic mass is 16.1. The predicted octanol–water partition coefficient (Wildman–Crippen LogP) is 4.77. The summed E-state index contributed by atoms with van der Waals surface area (Å²) in [7, 11) is 3.84. The van der Waals surface area contributed by atoms with Crippen molar-refractivity contribution in [3.05, 3.63) is 82.4 Å². The molecule has 0 amide bonds. The molecule has 4 rings (SSSR count). The number of hydrogen-bond donors (Lipinski definition) is 0. The van der Waals surface area contributed by atoms with Crippen LogP contribution in [-0.4, -0.2) is 46.8 Å². The van der Waals surface area contributed by atoms with Crippen molar-refractivity contribution in [2.24, 2.45) is 5.92 Å². The fourth-order valence-electron chi connectivity index (χ4n) is 6.42. The van der Waals surface area contributed by atoms with E-state index in [1.165, 1.54) is 0 Å². The summed E-state index contributed by atoms with van der Waals surface area (Å²) in [5.74, 6) is -0.198. The number of fused-ring (bicyclic) bond motifs is 1. The number of rotatable bonds is 4. The fourth-order valence-corrected chi connectivity index (χ4v) is 6.42. The second-order valence-electron chi connectivity index (χ2n) is 10.5. The number of hydrogen-bond acceptors (Lipinski definition) is 5. The summed E-state index contributed by atoms with van der Waals surface area (Å²) in [5.41, 5.74) is 1.36. The number of aryl methyl sites for hydroxylation is 2. The van der Waals surface area contributed by atoms with Crippen LogP contribution in [0.25, 0.3) is 0 Å². The molecule has 0 N–H and O–H groups in total. The Morgan fingerprint density at radius 1 is 0.941 bits per heavy atom. The molecule has 0 radical (unpaired) electrons. The van der Waals surface area contributed by atoms with E-state index in [9.17, 15) is 15.3 Å². The number of nitriles is 2. The average molecular weight is 453 g/mol. The molecule has 2 aromatic rings. The molecule has 2 heterocycles. The van der Waals surface area contributed by atoms with Gasteiger partial charge < -0.3 is 4.90 Å². The Labute approximate surface area is 202 Å². The van der Waals surface area contributed by atoms with Crippen molar-refractivity contribution in [3.63, 3.8) is 0 Å². The van der Waals surface area contributed by atoms with Crippen LogP contribution in [-0.2, 0) is 5.54 Å². The quantitative estimate of drug-likeness (QED) is 0.625. The first kappa shape index (κ1) is 23.9. The minimum Gasteiger partial charge on any atom is -0.302 e. The van der Waals surface area contributed by atoms with Crippen LogP contribution < -0.4 is 0 Å². The first-order chi connectivity index (χ1) is 16.0. The summed E-state index contributed by atoms with van der Waals surface area (Å²) in [6, 6.07) is 20.3. The second kappa shape index (κ2) is 7.91. The van der Waals surface area contributed by atoms with Gasteiger partial charge in [-0.25, -0.2) is 4.90 Å². The molecule has 1 fully saturated rings. The Balaban J connectivity index is 2.04. The molecule has 0 aromatic heterocycles. The summed E-state index contributed by atoms with van der Waals surface area (Å²) in [4.78, 5) is 17.9. The van der Waals surface area contributed by atoms with Crippen LogP contribution in [0.15, 0.2) is 60.2 Å². The lowest BCUT2D eigenvalue weighted by Crippen LogP contribution is -2.61. The van der Waals surface area contributed by atoms with Crippen molar-refractivity contribution in [3.8, 4) is 12.1 Å². The van der Waals surface area contributed by atoms with E-state index in [1.54, 1.807) is 0 Å². The number of carbonyl (C=O) groups excluding carboxylic acids is 1. The number of likely N-dealkylation sites (N-methyl/N-ethyl adjacent to an activating group) is 1. The van der Waals surface area contributed by atoms with Crippen molar-refractivity contribution in [2.75, 3.05) is 14.1 Å². The summed E-state index contributed by atoms with van der Waals surface area (Å²) in [6.45, 7) is 10.1. The van der Waals surface area contributed by atoms with E-state index < -0.39 is 16.6 Å². The minimum absolute atomic E-state index is 0.0655. The van der Waals surface area contributed by atoms with Crippen LogP contribution >= 0.6 is 0 Å². The van der Waals surface area contributed by atoms with Gasteiger partial charge >= 0.3 is 0 Å². The fraction of sp³-hybridized carbons (Fsp3) is 0.414. The van der Waals surface area contributed by atoms with E-state index in [0.717, 1.165) is 16.7 Å². The van der Waals surface area contributed by atoms with Gasteiger partial charge in [-0.2, -0.15) is 10.5 Å². The summed E-state index contributed by atoms with van der Waals surface area (Å²) in [5, 5.41) is 21.1. The normalized spacial score (nSPS) is 27.1. The lowest BCUT2D eigenvalue weighted by molar-refractivity contribution is 0.0418. The van der Waals surface area contributed by atoms with Gasteiger partial charge in [0.25, 0.3) is 0 Å². The van der Waals surface area contributed by atoms with Crippen molar-refractivity contribution in [1.29, 1.82) is 10.5 Å². The van der Waals surface area contributed by atoms with E-state index in [-0.39, 0.29) is 17.7 Å². The van der Waals surface area contributed by atoms with Crippen LogP contribution in [0.5, 0.6) is 0 Å². The molecule has 0 saturated carbocycles. The van der Waals surface area contributed by atoms with E-state index in [2.05, 4.69) is 49.4 Å². The number of carbonyl (C=O) groups is 1. The van der Waals surface area contributed by atoms with Gasteiger partial charge in [-0.05, 0) is 47.4 Å². The average Bonchev–Trinajstić information content (AvgIpc) is 3.19. The molecule has 0 spiro atoms. The first-order valence-corrected chi connectivity index (χ1v) is 11.7. The maximum Gasteiger partial charge on any atom is 0.213 e. The zero-order chi connectivity index (χ0) is 25.1. The molecule has 0 bridgehead atoms. The lowest BCUT2D eigenvalue weighted by Gasteiger charge is -2.46. The molecule has 2 aromatic carbocycles. The number of ketones is 1. The Bertz CT molecular complexity index is 1230. The zero-order valence-corrected chi connectivity index (χ0v) is 21.0. The zero-order valence-electron chi connectivity index (χ0n) is 21.0. The van der Waals surface area contributed by atoms with Crippen molar-refractivity contribution < 1.29 is 4.79 Å². The largest absolute Gasteiger partial charge is 0.302 e. The van der Waals surface area contributed by atoms with Crippen LogP contribution in [0, 0.1) is 42.4 Å². The molecule has 5 heteroatoms. The van der Waals surface area contributed by atoms with E-state index >= 15 is 0 Å². The van der Waals surface area contributed by atoms with E-state index in [0.29, 0.717) is 11.1 Å². The smallest absolute Gasteiger partial charge is 0.213 e. The summed E-state index contributed by atoms with van der Waals surface area (Å²) < 4.78 is 0. The number of nitrogens with zero attached hydrogens (tertiary/aromatic N) is 4. The van der Waals surface area contributed by atoms with Gasteiger partial charge in [0.2, 0.25) is 5.54 Å². The standard InChI is InChI=1S/C29H32N4O/c1-19-8-12-22(13-9-19)25(34)24-16-29(23-14-10-20(2)11-15-23)21(3)26(32(6)7)28(17-30,18-31)33(29)27(24,4)5/h8-16,21,26H,1-7H3/t21-,26-,29+/m0/s1. The Hall–Kier alpha value is -3.25. The van der Waals surface area contributed by atoms with Gasteiger partial charge in [0.15, 0.2) is 5.78 Å². The summed E-state index contributed by atoms with van der Waals surface area (Å²) >= 11 is 0.